The third-order valence-electron chi connectivity index (χ3n) is 3.32. The number of para-hydroxylation sites is 1. The standard InChI is InChI=1S/C15H16N6O2S/c1-9-6-4-5-7-12(9)21-15(17-19-20-21)24-11(3)14(22)16-13-8-10(2)23-18-13/h4-8,11H,1-3H3,(H,16,18,22). The number of hydrogen-bond donors (Lipinski definition) is 1. The van der Waals surface area contributed by atoms with E-state index in [1.165, 1.54) is 11.8 Å². The highest BCUT2D eigenvalue weighted by molar-refractivity contribution is 8.00. The quantitative estimate of drug-likeness (QED) is 0.709. The van der Waals surface area contributed by atoms with Crippen LogP contribution in [-0.2, 0) is 4.79 Å². The van der Waals surface area contributed by atoms with Gasteiger partial charge in [0.2, 0.25) is 11.1 Å². The normalized spacial score (nSPS) is 12.1. The Kier molecular flexibility index (Phi) is 4.61. The first kappa shape index (κ1) is 16.2. The summed E-state index contributed by atoms with van der Waals surface area (Å²) in [4.78, 5) is 12.3. The molecule has 0 aliphatic heterocycles. The number of anilines is 1. The number of nitrogens with one attached hydrogen (secondary N) is 1. The Bertz CT molecular complexity index is 859. The van der Waals surface area contributed by atoms with Gasteiger partial charge in [-0.15, -0.1) is 5.10 Å². The molecular formula is C15H16N6O2S. The van der Waals surface area contributed by atoms with Gasteiger partial charge in [-0.05, 0) is 42.8 Å². The number of aromatic nitrogens is 5. The smallest absolute Gasteiger partial charge is 0.238 e. The van der Waals surface area contributed by atoms with Crippen LogP contribution in [0.1, 0.15) is 18.2 Å². The molecule has 2 aromatic heterocycles. The third-order valence-corrected chi connectivity index (χ3v) is 4.35. The monoisotopic (exact) mass is 344 g/mol. The maximum Gasteiger partial charge on any atom is 0.238 e. The summed E-state index contributed by atoms with van der Waals surface area (Å²) < 4.78 is 6.56. The summed E-state index contributed by atoms with van der Waals surface area (Å²) in [5.41, 5.74) is 1.92. The molecule has 0 aliphatic carbocycles. The maximum absolute atomic E-state index is 12.3. The van der Waals surface area contributed by atoms with Crippen molar-refractivity contribution in [3.8, 4) is 5.69 Å². The van der Waals surface area contributed by atoms with Crippen molar-refractivity contribution < 1.29 is 9.32 Å². The minimum atomic E-state index is -0.407. The van der Waals surface area contributed by atoms with E-state index < -0.39 is 5.25 Å². The van der Waals surface area contributed by atoms with Gasteiger partial charge in [-0.2, -0.15) is 4.68 Å². The Balaban J connectivity index is 1.73. The van der Waals surface area contributed by atoms with E-state index in [-0.39, 0.29) is 5.91 Å². The molecule has 1 unspecified atom stereocenters. The number of amides is 1. The average Bonchev–Trinajstić information content (AvgIpc) is 3.17. The Morgan fingerprint density at radius 2 is 2.12 bits per heavy atom. The van der Waals surface area contributed by atoms with Crippen molar-refractivity contribution in [3.63, 3.8) is 0 Å². The molecule has 3 aromatic rings. The number of aryl methyl sites for hydroxylation is 2. The van der Waals surface area contributed by atoms with Crippen LogP contribution in [0, 0.1) is 13.8 Å². The highest BCUT2D eigenvalue weighted by Crippen LogP contribution is 2.25. The average molecular weight is 344 g/mol. The molecule has 1 atom stereocenters. The van der Waals surface area contributed by atoms with Crippen LogP contribution in [0.3, 0.4) is 0 Å². The molecule has 2 heterocycles. The lowest BCUT2D eigenvalue weighted by molar-refractivity contribution is -0.115. The minimum absolute atomic E-state index is 0.201. The SMILES string of the molecule is Cc1cc(NC(=O)C(C)Sc2nnnn2-c2ccccc2C)no1. The zero-order valence-corrected chi connectivity index (χ0v) is 14.2. The minimum Gasteiger partial charge on any atom is -0.360 e. The van der Waals surface area contributed by atoms with Crippen molar-refractivity contribution >= 4 is 23.5 Å². The van der Waals surface area contributed by atoms with Crippen LogP contribution >= 0.6 is 11.8 Å². The van der Waals surface area contributed by atoms with E-state index in [1.54, 1.807) is 24.6 Å². The largest absolute Gasteiger partial charge is 0.360 e. The summed E-state index contributed by atoms with van der Waals surface area (Å²) in [6.07, 6.45) is 0. The molecule has 24 heavy (non-hydrogen) atoms. The van der Waals surface area contributed by atoms with E-state index in [9.17, 15) is 4.79 Å². The summed E-state index contributed by atoms with van der Waals surface area (Å²) in [6.45, 7) is 5.52. The number of hydrogen-bond acceptors (Lipinski definition) is 7. The molecule has 0 aliphatic rings. The predicted octanol–water partition coefficient (Wildman–Crippen LogP) is 2.39. The number of thioether (sulfide) groups is 1. The topological polar surface area (TPSA) is 98.7 Å². The van der Waals surface area contributed by atoms with Crippen LogP contribution in [-0.4, -0.2) is 36.5 Å². The van der Waals surface area contributed by atoms with Crippen molar-refractivity contribution in [1.29, 1.82) is 0 Å². The second-order valence-corrected chi connectivity index (χ2v) is 6.54. The second kappa shape index (κ2) is 6.83. The Morgan fingerprint density at radius 1 is 1.33 bits per heavy atom. The molecule has 0 saturated heterocycles. The number of nitrogens with zero attached hydrogens (tertiary/aromatic N) is 5. The molecule has 124 valence electrons. The summed E-state index contributed by atoms with van der Waals surface area (Å²) in [7, 11) is 0. The van der Waals surface area contributed by atoms with Crippen LogP contribution in [0.15, 0.2) is 40.0 Å². The molecule has 1 aromatic carbocycles. The molecule has 0 saturated carbocycles. The number of carbonyl (C=O) groups is 1. The molecule has 1 amide bonds. The number of tetrazole rings is 1. The van der Waals surface area contributed by atoms with Gasteiger partial charge in [0.05, 0.1) is 10.9 Å². The van der Waals surface area contributed by atoms with E-state index in [1.807, 2.05) is 31.2 Å². The van der Waals surface area contributed by atoms with Crippen molar-refractivity contribution in [3.05, 3.63) is 41.7 Å². The van der Waals surface area contributed by atoms with Crippen LogP contribution in [0.5, 0.6) is 0 Å². The van der Waals surface area contributed by atoms with E-state index in [2.05, 4.69) is 26.0 Å². The van der Waals surface area contributed by atoms with Gasteiger partial charge in [0, 0.05) is 6.07 Å². The molecule has 8 nitrogen and oxygen atoms in total. The summed E-state index contributed by atoms with van der Waals surface area (Å²) in [5, 5.41) is 18.4. The van der Waals surface area contributed by atoms with Crippen LogP contribution in [0.4, 0.5) is 5.82 Å². The van der Waals surface area contributed by atoms with Gasteiger partial charge in [0.1, 0.15) is 5.76 Å². The number of rotatable bonds is 5. The first-order valence-electron chi connectivity index (χ1n) is 7.30. The van der Waals surface area contributed by atoms with Gasteiger partial charge in [0.25, 0.3) is 0 Å². The molecular weight excluding hydrogens is 328 g/mol. The van der Waals surface area contributed by atoms with Crippen molar-refractivity contribution in [2.24, 2.45) is 0 Å². The first-order valence-corrected chi connectivity index (χ1v) is 8.18. The zero-order chi connectivity index (χ0) is 17.1. The van der Waals surface area contributed by atoms with Crippen LogP contribution in [0.25, 0.3) is 5.69 Å². The fourth-order valence-electron chi connectivity index (χ4n) is 2.07. The highest BCUT2D eigenvalue weighted by Gasteiger charge is 2.20. The zero-order valence-electron chi connectivity index (χ0n) is 13.4. The summed E-state index contributed by atoms with van der Waals surface area (Å²) in [5.74, 6) is 0.824. The van der Waals surface area contributed by atoms with Gasteiger partial charge in [-0.25, -0.2) is 0 Å². The summed E-state index contributed by atoms with van der Waals surface area (Å²) in [6, 6.07) is 9.44. The Morgan fingerprint density at radius 3 is 2.83 bits per heavy atom. The molecule has 9 heteroatoms. The number of benzene rings is 1. The molecule has 1 N–H and O–H groups in total. The van der Waals surface area contributed by atoms with Gasteiger partial charge in [-0.1, -0.05) is 35.1 Å². The second-order valence-electron chi connectivity index (χ2n) is 5.23. The highest BCUT2D eigenvalue weighted by atomic mass is 32.2. The lowest BCUT2D eigenvalue weighted by Crippen LogP contribution is -2.23. The van der Waals surface area contributed by atoms with Crippen LogP contribution < -0.4 is 5.32 Å². The van der Waals surface area contributed by atoms with Gasteiger partial charge >= 0.3 is 0 Å². The molecule has 0 spiro atoms. The molecule has 0 bridgehead atoms. The van der Waals surface area contributed by atoms with Crippen molar-refractivity contribution in [2.75, 3.05) is 5.32 Å². The van der Waals surface area contributed by atoms with Gasteiger partial charge in [0.15, 0.2) is 5.82 Å². The maximum atomic E-state index is 12.3. The fourth-order valence-corrected chi connectivity index (χ4v) is 2.87. The van der Waals surface area contributed by atoms with E-state index in [0.717, 1.165) is 11.3 Å². The fraction of sp³-hybridized carbons (Fsp3) is 0.267. The van der Waals surface area contributed by atoms with E-state index >= 15 is 0 Å². The van der Waals surface area contributed by atoms with Crippen LogP contribution in [0.2, 0.25) is 0 Å². The predicted molar refractivity (Wildman–Crippen MR) is 89.1 cm³/mol. The summed E-state index contributed by atoms with van der Waals surface area (Å²) >= 11 is 1.27. The third kappa shape index (κ3) is 3.46. The van der Waals surface area contributed by atoms with Crippen molar-refractivity contribution in [2.45, 2.75) is 31.2 Å². The lowest BCUT2D eigenvalue weighted by atomic mass is 10.2. The number of carbonyl (C=O) groups excluding carboxylic acids is 1. The molecule has 0 radical (unpaired) electrons. The lowest BCUT2D eigenvalue weighted by Gasteiger charge is -2.11. The Labute approximate surface area is 142 Å². The van der Waals surface area contributed by atoms with Gasteiger partial charge < -0.3 is 9.84 Å². The first-order chi connectivity index (χ1) is 11.5. The molecule has 3 rings (SSSR count). The van der Waals surface area contributed by atoms with E-state index in [4.69, 9.17) is 4.52 Å². The van der Waals surface area contributed by atoms with Gasteiger partial charge in [-0.3, -0.25) is 4.79 Å². The molecule has 0 fully saturated rings. The van der Waals surface area contributed by atoms with E-state index in [0.29, 0.717) is 16.7 Å². The van der Waals surface area contributed by atoms with Crippen molar-refractivity contribution in [1.82, 2.24) is 25.4 Å². The Hall–Kier alpha value is -2.68.